The van der Waals surface area contributed by atoms with Crippen LogP contribution in [0.4, 0.5) is 0 Å². The van der Waals surface area contributed by atoms with Gasteiger partial charge in [-0.05, 0) is 81.1 Å². The molecule has 0 spiro atoms. The summed E-state index contributed by atoms with van der Waals surface area (Å²) in [6.45, 7) is 9.41. The Bertz CT molecular complexity index is 1170. The van der Waals surface area contributed by atoms with Gasteiger partial charge >= 0.3 is 0 Å². The zero-order valence-corrected chi connectivity index (χ0v) is 18.7. The molecule has 0 fully saturated rings. The first-order valence-corrected chi connectivity index (χ1v) is 11.4. The van der Waals surface area contributed by atoms with Crippen LogP contribution < -0.4 is 10.4 Å². The van der Waals surface area contributed by atoms with E-state index >= 15 is 0 Å². The van der Waals surface area contributed by atoms with E-state index in [1.54, 1.807) is 0 Å². The molecular formula is C29H33N. The summed E-state index contributed by atoms with van der Waals surface area (Å²) in [6.07, 6.45) is 12.5. The fourth-order valence-electron chi connectivity index (χ4n) is 5.05. The molecule has 3 atom stereocenters. The number of rotatable bonds is 6. The van der Waals surface area contributed by atoms with Gasteiger partial charge in [-0.2, -0.15) is 0 Å². The molecule has 0 bridgehead atoms. The highest BCUT2D eigenvalue weighted by Gasteiger charge is 2.39. The normalized spacial score (nSPS) is 19.3. The molecule has 0 saturated carbocycles. The van der Waals surface area contributed by atoms with Gasteiger partial charge in [-0.1, -0.05) is 82.7 Å². The van der Waals surface area contributed by atoms with Gasteiger partial charge in [0.1, 0.15) is 0 Å². The van der Waals surface area contributed by atoms with Crippen molar-refractivity contribution in [1.29, 1.82) is 0 Å². The van der Waals surface area contributed by atoms with Crippen molar-refractivity contribution in [3.05, 3.63) is 89.1 Å². The lowest BCUT2D eigenvalue weighted by atomic mass is 9.62. The summed E-state index contributed by atoms with van der Waals surface area (Å²) in [7, 11) is 0. The number of allylic oxidation sites excluding steroid dienone is 2. The molecule has 3 unspecified atom stereocenters. The Morgan fingerprint density at radius 2 is 1.80 bits per heavy atom. The van der Waals surface area contributed by atoms with Crippen molar-refractivity contribution in [1.82, 2.24) is 4.98 Å². The SMILES string of the molecule is CCC=CC(C)(C(C)CC)C1CC=c2cc3ccccc3cc2=C1c1ccccn1. The van der Waals surface area contributed by atoms with Crippen molar-refractivity contribution in [2.24, 2.45) is 17.3 Å². The van der Waals surface area contributed by atoms with Crippen molar-refractivity contribution < 1.29 is 0 Å². The first-order chi connectivity index (χ1) is 14.6. The van der Waals surface area contributed by atoms with Crippen LogP contribution in [0.1, 0.15) is 52.7 Å². The van der Waals surface area contributed by atoms with Crippen molar-refractivity contribution in [2.75, 3.05) is 0 Å². The van der Waals surface area contributed by atoms with E-state index in [1.807, 2.05) is 12.3 Å². The fourth-order valence-corrected chi connectivity index (χ4v) is 5.05. The Kier molecular flexibility index (Phi) is 5.90. The molecule has 1 nitrogen and oxygen atoms in total. The highest BCUT2D eigenvalue weighted by atomic mass is 14.7. The first-order valence-electron chi connectivity index (χ1n) is 11.4. The lowest BCUT2D eigenvalue weighted by Gasteiger charge is -2.42. The van der Waals surface area contributed by atoms with Crippen LogP contribution >= 0.6 is 0 Å². The molecule has 3 aromatic rings. The monoisotopic (exact) mass is 395 g/mol. The van der Waals surface area contributed by atoms with Crippen LogP contribution in [0, 0.1) is 17.3 Å². The summed E-state index contributed by atoms with van der Waals surface area (Å²) in [4.78, 5) is 4.84. The molecule has 2 aromatic carbocycles. The summed E-state index contributed by atoms with van der Waals surface area (Å²) in [5.74, 6) is 0.984. The predicted octanol–water partition coefficient (Wildman–Crippen LogP) is 6.25. The average Bonchev–Trinajstić information content (AvgIpc) is 2.80. The molecule has 1 aliphatic carbocycles. The number of nitrogens with zero attached hydrogens (tertiary/aromatic N) is 1. The second kappa shape index (κ2) is 8.60. The van der Waals surface area contributed by atoms with E-state index in [0.717, 1.165) is 18.5 Å². The van der Waals surface area contributed by atoms with Crippen LogP contribution in [-0.2, 0) is 0 Å². The maximum atomic E-state index is 4.84. The molecule has 1 aliphatic rings. The molecule has 0 radical (unpaired) electrons. The molecule has 1 heteroatoms. The summed E-state index contributed by atoms with van der Waals surface area (Å²) in [5, 5.41) is 5.30. The minimum atomic E-state index is 0.0808. The van der Waals surface area contributed by atoms with Crippen molar-refractivity contribution in [3.63, 3.8) is 0 Å². The zero-order valence-electron chi connectivity index (χ0n) is 18.7. The molecule has 30 heavy (non-hydrogen) atoms. The molecule has 1 aromatic heterocycles. The molecule has 0 N–H and O–H groups in total. The number of aromatic nitrogens is 1. The average molecular weight is 396 g/mol. The van der Waals surface area contributed by atoms with Crippen molar-refractivity contribution >= 4 is 22.4 Å². The maximum absolute atomic E-state index is 4.84. The van der Waals surface area contributed by atoms with Gasteiger partial charge < -0.3 is 0 Å². The van der Waals surface area contributed by atoms with Crippen LogP contribution in [0.2, 0.25) is 0 Å². The van der Waals surface area contributed by atoms with Crippen molar-refractivity contribution in [3.8, 4) is 0 Å². The van der Waals surface area contributed by atoms with E-state index < -0.39 is 0 Å². The van der Waals surface area contributed by atoms with E-state index in [1.165, 1.54) is 33.2 Å². The quantitative estimate of drug-likeness (QED) is 0.449. The van der Waals surface area contributed by atoms with Gasteiger partial charge in [-0.15, -0.1) is 0 Å². The van der Waals surface area contributed by atoms with Crippen LogP contribution in [0.15, 0.2) is 72.9 Å². The fraction of sp³-hybridized carbons (Fsp3) is 0.345. The van der Waals surface area contributed by atoms with E-state index in [-0.39, 0.29) is 5.41 Å². The minimum Gasteiger partial charge on any atom is -0.257 e. The second-order valence-electron chi connectivity index (χ2n) is 8.89. The molecule has 0 amide bonds. The van der Waals surface area contributed by atoms with Crippen LogP contribution in [0.3, 0.4) is 0 Å². The van der Waals surface area contributed by atoms with Crippen molar-refractivity contribution in [2.45, 2.75) is 47.0 Å². The van der Waals surface area contributed by atoms with Gasteiger partial charge in [0.2, 0.25) is 0 Å². The number of fused-ring (bicyclic) bond motifs is 2. The zero-order chi connectivity index (χ0) is 21.1. The lowest BCUT2D eigenvalue weighted by Crippen LogP contribution is -2.41. The summed E-state index contributed by atoms with van der Waals surface area (Å²) in [5.41, 5.74) is 2.60. The predicted molar refractivity (Wildman–Crippen MR) is 130 cm³/mol. The molecule has 154 valence electrons. The second-order valence-corrected chi connectivity index (χ2v) is 8.89. The Balaban J connectivity index is 2.05. The highest BCUT2D eigenvalue weighted by Crippen LogP contribution is 2.47. The lowest BCUT2D eigenvalue weighted by molar-refractivity contribution is 0.202. The van der Waals surface area contributed by atoms with Gasteiger partial charge in [-0.3, -0.25) is 4.98 Å². The number of hydrogen-bond acceptors (Lipinski definition) is 1. The molecule has 0 aliphatic heterocycles. The minimum absolute atomic E-state index is 0.0808. The van der Waals surface area contributed by atoms with E-state index in [0.29, 0.717) is 11.8 Å². The summed E-state index contributed by atoms with van der Waals surface area (Å²) < 4.78 is 0. The molecular weight excluding hydrogens is 362 g/mol. The Morgan fingerprint density at radius 1 is 1.07 bits per heavy atom. The smallest absolute Gasteiger partial charge is 0.0671 e. The largest absolute Gasteiger partial charge is 0.257 e. The van der Waals surface area contributed by atoms with E-state index in [2.05, 4.69) is 94.5 Å². The van der Waals surface area contributed by atoms with Gasteiger partial charge in [0.05, 0.1) is 5.69 Å². The van der Waals surface area contributed by atoms with Gasteiger partial charge in [0, 0.05) is 6.20 Å². The van der Waals surface area contributed by atoms with Crippen LogP contribution in [0.5, 0.6) is 0 Å². The summed E-state index contributed by atoms with van der Waals surface area (Å²) in [6, 6.07) is 19.8. The topological polar surface area (TPSA) is 12.9 Å². The highest BCUT2D eigenvalue weighted by molar-refractivity contribution is 5.84. The Hall–Kier alpha value is -2.67. The Morgan fingerprint density at radius 3 is 2.47 bits per heavy atom. The standard InChI is InChI=1S/C29H33N/c1-5-7-17-29(4,21(3)6-2)26-16-15-24-19-22-12-8-9-13-23(22)20-25(24)28(26)27-14-10-11-18-30-27/h7-15,17-21,26H,5-6,16H2,1-4H3. The van der Waals surface area contributed by atoms with Gasteiger partial charge in [0.15, 0.2) is 0 Å². The van der Waals surface area contributed by atoms with Crippen LogP contribution in [-0.4, -0.2) is 4.98 Å². The molecule has 4 rings (SSSR count). The molecule has 0 saturated heterocycles. The van der Waals surface area contributed by atoms with E-state index in [9.17, 15) is 0 Å². The third kappa shape index (κ3) is 3.62. The molecule has 1 heterocycles. The van der Waals surface area contributed by atoms with Gasteiger partial charge in [0.25, 0.3) is 0 Å². The number of benzene rings is 2. The maximum Gasteiger partial charge on any atom is 0.0671 e. The first kappa shape index (κ1) is 20.6. The third-order valence-electron chi connectivity index (χ3n) is 7.21. The summed E-state index contributed by atoms with van der Waals surface area (Å²) >= 11 is 0. The number of hydrogen-bond donors (Lipinski definition) is 0. The van der Waals surface area contributed by atoms with Gasteiger partial charge in [-0.25, -0.2) is 0 Å². The Labute approximate surface area is 180 Å². The van der Waals surface area contributed by atoms with Crippen LogP contribution in [0.25, 0.3) is 22.4 Å². The number of pyridine rings is 1. The third-order valence-corrected chi connectivity index (χ3v) is 7.21. The van der Waals surface area contributed by atoms with E-state index in [4.69, 9.17) is 4.98 Å².